The minimum atomic E-state index is -3.56. The van der Waals surface area contributed by atoms with Gasteiger partial charge in [-0.15, -0.1) is 0 Å². The van der Waals surface area contributed by atoms with E-state index in [1.165, 1.54) is 0 Å². The maximum atomic E-state index is 13.2. The molecule has 6 heteroatoms. The number of fused-ring (bicyclic) bond motifs is 1. The molecule has 1 saturated heterocycles. The maximum absolute atomic E-state index is 13.2. The van der Waals surface area contributed by atoms with Crippen molar-refractivity contribution in [1.29, 1.82) is 0 Å². The van der Waals surface area contributed by atoms with Crippen molar-refractivity contribution in [3.63, 3.8) is 0 Å². The van der Waals surface area contributed by atoms with Crippen LogP contribution in [0.3, 0.4) is 0 Å². The second-order valence-corrected chi connectivity index (χ2v) is 7.75. The van der Waals surface area contributed by atoms with Crippen LogP contribution in [-0.2, 0) is 10.0 Å². The lowest BCUT2D eigenvalue weighted by molar-refractivity contribution is 0.192. The number of rotatable bonds is 3. The van der Waals surface area contributed by atoms with E-state index >= 15 is 0 Å². The summed E-state index contributed by atoms with van der Waals surface area (Å²) in [6, 6.07) is 6.94. The zero-order chi connectivity index (χ0) is 15.7. The highest BCUT2D eigenvalue weighted by Gasteiger charge is 2.36. The van der Waals surface area contributed by atoms with E-state index in [0.717, 1.165) is 18.2 Å². The van der Waals surface area contributed by atoms with Crippen LogP contribution in [0.5, 0.6) is 0 Å². The number of benzene rings is 1. The summed E-state index contributed by atoms with van der Waals surface area (Å²) >= 11 is 0. The summed E-state index contributed by atoms with van der Waals surface area (Å²) in [5.41, 5.74) is 5.86. The van der Waals surface area contributed by atoms with Crippen molar-refractivity contribution in [3.05, 3.63) is 36.7 Å². The summed E-state index contributed by atoms with van der Waals surface area (Å²) < 4.78 is 27.9. The number of aromatic nitrogens is 1. The number of hydrogen-bond donors (Lipinski definition) is 1. The Kier molecular flexibility index (Phi) is 4.16. The largest absolute Gasteiger partial charge is 0.329 e. The molecule has 0 saturated carbocycles. The van der Waals surface area contributed by atoms with E-state index in [1.54, 1.807) is 34.9 Å². The van der Waals surface area contributed by atoms with Crippen molar-refractivity contribution in [2.24, 2.45) is 11.7 Å². The highest BCUT2D eigenvalue weighted by Crippen LogP contribution is 2.31. The number of sulfonamides is 1. The third-order valence-electron chi connectivity index (χ3n) is 4.53. The normalized spacial score (nSPS) is 23.7. The van der Waals surface area contributed by atoms with Crippen LogP contribution in [0.4, 0.5) is 0 Å². The SMILES string of the molecule is C[C@@H]1CCCN(S(=O)(=O)c2cccc3cnccc23)[C@@H]1CN. The van der Waals surface area contributed by atoms with Crippen LogP contribution < -0.4 is 5.73 Å². The predicted molar refractivity (Wildman–Crippen MR) is 86.9 cm³/mol. The van der Waals surface area contributed by atoms with Gasteiger partial charge in [0.15, 0.2) is 0 Å². The Morgan fingerprint density at radius 3 is 2.95 bits per heavy atom. The molecule has 0 amide bonds. The van der Waals surface area contributed by atoms with E-state index in [1.807, 2.05) is 6.07 Å². The zero-order valence-corrected chi connectivity index (χ0v) is 13.5. The fraction of sp³-hybridized carbons (Fsp3) is 0.438. The van der Waals surface area contributed by atoms with Gasteiger partial charge in [-0.2, -0.15) is 4.31 Å². The quantitative estimate of drug-likeness (QED) is 0.938. The van der Waals surface area contributed by atoms with Gasteiger partial charge in [0.25, 0.3) is 0 Å². The van der Waals surface area contributed by atoms with E-state index in [4.69, 9.17) is 5.73 Å². The molecule has 0 radical (unpaired) electrons. The molecule has 0 unspecified atom stereocenters. The van der Waals surface area contributed by atoms with E-state index in [2.05, 4.69) is 11.9 Å². The Bertz CT molecular complexity index is 771. The van der Waals surface area contributed by atoms with E-state index in [0.29, 0.717) is 23.4 Å². The minimum absolute atomic E-state index is 0.129. The molecule has 2 heterocycles. The van der Waals surface area contributed by atoms with Gasteiger partial charge < -0.3 is 5.73 Å². The third kappa shape index (κ3) is 2.51. The zero-order valence-electron chi connectivity index (χ0n) is 12.6. The standard InChI is InChI=1S/C16H21N3O2S/c1-12-4-3-9-19(15(12)10-17)22(20,21)16-6-2-5-13-11-18-8-7-14(13)16/h2,5-8,11-12,15H,3-4,9-10,17H2,1H3/t12-,15-/m1/s1. The maximum Gasteiger partial charge on any atom is 0.243 e. The Balaban J connectivity index is 2.12. The smallest absolute Gasteiger partial charge is 0.243 e. The Morgan fingerprint density at radius 1 is 1.36 bits per heavy atom. The summed E-state index contributed by atoms with van der Waals surface area (Å²) in [4.78, 5) is 4.41. The predicted octanol–water partition coefficient (Wildman–Crippen LogP) is 1.98. The molecule has 1 aromatic carbocycles. The first kappa shape index (κ1) is 15.4. The topological polar surface area (TPSA) is 76.3 Å². The number of nitrogens with two attached hydrogens (primary N) is 1. The molecule has 1 aromatic heterocycles. The van der Waals surface area contributed by atoms with Crippen LogP contribution in [0, 0.1) is 5.92 Å². The molecule has 0 bridgehead atoms. The monoisotopic (exact) mass is 319 g/mol. The van der Waals surface area contributed by atoms with Crippen molar-refractivity contribution in [2.45, 2.75) is 30.7 Å². The first-order valence-electron chi connectivity index (χ1n) is 7.60. The molecule has 1 aliphatic rings. The van der Waals surface area contributed by atoms with Gasteiger partial charge >= 0.3 is 0 Å². The number of hydrogen-bond acceptors (Lipinski definition) is 4. The summed E-state index contributed by atoms with van der Waals surface area (Å²) in [6.45, 7) is 2.97. The van der Waals surface area contributed by atoms with Crippen LogP contribution in [-0.4, -0.2) is 36.8 Å². The number of piperidine rings is 1. The molecule has 3 rings (SSSR count). The fourth-order valence-corrected chi connectivity index (χ4v) is 5.29. The molecule has 118 valence electrons. The van der Waals surface area contributed by atoms with Gasteiger partial charge in [-0.1, -0.05) is 19.1 Å². The van der Waals surface area contributed by atoms with Crippen LogP contribution >= 0.6 is 0 Å². The van der Waals surface area contributed by atoms with Gasteiger partial charge in [-0.05, 0) is 30.9 Å². The minimum Gasteiger partial charge on any atom is -0.329 e. The Labute approximate surface area is 131 Å². The first-order chi connectivity index (χ1) is 10.6. The van der Waals surface area contributed by atoms with Crippen molar-refractivity contribution < 1.29 is 8.42 Å². The summed E-state index contributed by atoms with van der Waals surface area (Å²) in [7, 11) is -3.56. The first-order valence-corrected chi connectivity index (χ1v) is 9.04. The molecule has 1 aliphatic heterocycles. The van der Waals surface area contributed by atoms with E-state index < -0.39 is 10.0 Å². The number of pyridine rings is 1. The van der Waals surface area contributed by atoms with Crippen molar-refractivity contribution in [1.82, 2.24) is 9.29 Å². The molecule has 2 N–H and O–H groups in total. The number of nitrogens with zero attached hydrogens (tertiary/aromatic N) is 2. The second-order valence-electron chi connectivity index (χ2n) is 5.89. The molecular formula is C16H21N3O2S. The Morgan fingerprint density at radius 2 is 2.18 bits per heavy atom. The van der Waals surface area contributed by atoms with Crippen molar-refractivity contribution in [3.8, 4) is 0 Å². The van der Waals surface area contributed by atoms with E-state index in [9.17, 15) is 8.42 Å². The molecule has 5 nitrogen and oxygen atoms in total. The third-order valence-corrected chi connectivity index (χ3v) is 6.52. The summed E-state index contributed by atoms with van der Waals surface area (Å²) in [5, 5.41) is 1.55. The molecule has 2 atom stereocenters. The van der Waals surface area contributed by atoms with Gasteiger partial charge in [0.1, 0.15) is 0 Å². The average molecular weight is 319 g/mol. The van der Waals surface area contributed by atoms with Crippen molar-refractivity contribution in [2.75, 3.05) is 13.1 Å². The van der Waals surface area contributed by atoms with Crippen LogP contribution in [0.25, 0.3) is 10.8 Å². The highest BCUT2D eigenvalue weighted by atomic mass is 32.2. The molecule has 1 fully saturated rings. The van der Waals surface area contributed by atoms with Gasteiger partial charge in [0, 0.05) is 42.3 Å². The second kappa shape index (κ2) is 5.95. The van der Waals surface area contributed by atoms with Crippen LogP contribution in [0.2, 0.25) is 0 Å². The van der Waals surface area contributed by atoms with Crippen molar-refractivity contribution >= 4 is 20.8 Å². The lowest BCUT2D eigenvalue weighted by Crippen LogP contribution is -2.51. The highest BCUT2D eigenvalue weighted by molar-refractivity contribution is 7.89. The fourth-order valence-electron chi connectivity index (χ4n) is 3.30. The van der Waals surface area contributed by atoms with Gasteiger partial charge in [-0.3, -0.25) is 4.98 Å². The van der Waals surface area contributed by atoms with Gasteiger partial charge in [0.2, 0.25) is 10.0 Å². The Hall–Kier alpha value is -1.50. The summed E-state index contributed by atoms with van der Waals surface area (Å²) in [5.74, 6) is 0.283. The van der Waals surface area contributed by atoms with Crippen LogP contribution in [0.1, 0.15) is 19.8 Å². The van der Waals surface area contributed by atoms with Gasteiger partial charge in [-0.25, -0.2) is 8.42 Å². The van der Waals surface area contributed by atoms with Crippen LogP contribution in [0.15, 0.2) is 41.6 Å². The average Bonchev–Trinajstić information content (AvgIpc) is 2.54. The lowest BCUT2D eigenvalue weighted by atomic mass is 9.93. The molecule has 22 heavy (non-hydrogen) atoms. The molecular weight excluding hydrogens is 298 g/mol. The van der Waals surface area contributed by atoms with E-state index in [-0.39, 0.29) is 12.0 Å². The summed E-state index contributed by atoms with van der Waals surface area (Å²) in [6.07, 6.45) is 5.21. The molecule has 2 aromatic rings. The molecule has 0 aliphatic carbocycles. The molecule has 0 spiro atoms. The lowest BCUT2D eigenvalue weighted by Gasteiger charge is -2.38. The van der Waals surface area contributed by atoms with Gasteiger partial charge in [0.05, 0.1) is 4.90 Å².